The van der Waals surface area contributed by atoms with E-state index in [9.17, 15) is 14.4 Å². The Morgan fingerprint density at radius 3 is 2.37 bits per heavy atom. The molecule has 0 aromatic heterocycles. The summed E-state index contributed by atoms with van der Waals surface area (Å²) in [6.07, 6.45) is -0.0216. The van der Waals surface area contributed by atoms with Crippen molar-refractivity contribution in [2.45, 2.75) is 45.3 Å². The largest absolute Gasteiger partial charge is 0.476 e. The zero-order chi connectivity index (χ0) is 19.9. The number of carbonyl (C=O) groups excluding carboxylic acids is 3. The van der Waals surface area contributed by atoms with Crippen LogP contribution in [0.2, 0.25) is 0 Å². The Balaban J connectivity index is 2.28. The molecule has 7 heteroatoms. The standard InChI is InChI=1S/C20H23NO6/c1-5-25-16-15(23)19(17(24)26-6-2)12-18(4,27-13(3)22)20(19,21-16)14-10-8-7-9-11-14/h7-11H,5-6,12H2,1-4H3/t18-,19+,20+/m0/s1. The molecule has 0 radical (unpaired) electrons. The van der Waals surface area contributed by atoms with Crippen molar-refractivity contribution >= 4 is 23.6 Å². The van der Waals surface area contributed by atoms with Gasteiger partial charge in [-0.15, -0.1) is 0 Å². The highest BCUT2D eigenvalue weighted by atomic mass is 16.6. The van der Waals surface area contributed by atoms with E-state index in [0.717, 1.165) is 0 Å². The van der Waals surface area contributed by atoms with Crippen LogP contribution in [0.25, 0.3) is 0 Å². The van der Waals surface area contributed by atoms with E-state index in [-0.39, 0.29) is 25.5 Å². The van der Waals surface area contributed by atoms with Gasteiger partial charge in [0.05, 0.1) is 13.2 Å². The molecular weight excluding hydrogens is 350 g/mol. The topological polar surface area (TPSA) is 91.3 Å². The van der Waals surface area contributed by atoms with E-state index in [4.69, 9.17) is 14.2 Å². The Labute approximate surface area is 157 Å². The molecule has 1 aromatic rings. The Kier molecular flexibility index (Phi) is 4.57. The number of hydrogen-bond donors (Lipinski definition) is 0. The molecule has 0 N–H and O–H groups in total. The second-order valence-corrected chi connectivity index (χ2v) is 6.88. The van der Waals surface area contributed by atoms with Crippen molar-refractivity contribution < 1.29 is 28.6 Å². The number of nitrogens with zero attached hydrogens (tertiary/aromatic N) is 1. The third-order valence-corrected chi connectivity index (χ3v) is 5.30. The molecule has 1 fully saturated rings. The minimum Gasteiger partial charge on any atom is -0.476 e. The lowest BCUT2D eigenvalue weighted by Crippen LogP contribution is -2.75. The number of fused-ring (bicyclic) bond motifs is 1. The summed E-state index contributed by atoms with van der Waals surface area (Å²) in [5.41, 5.74) is -3.64. The minimum atomic E-state index is -1.61. The first kappa shape index (κ1) is 19.1. The predicted octanol–water partition coefficient (Wildman–Crippen LogP) is 2.17. The minimum absolute atomic E-state index is 0.0216. The van der Waals surface area contributed by atoms with Gasteiger partial charge in [0.2, 0.25) is 5.78 Å². The molecule has 1 saturated carbocycles. The highest BCUT2D eigenvalue weighted by Gasteiger charge is 2.85. The van der Waals surface area contributed by atoms with Gasteiger partial charge in [0, 0.05) is 13.3 Å². The first-order chi connectivity index (χ1) is 12.8. The predicted molar refractivity (Wildman–Crippen MR) is 96.0 cm³/mol. The molecule has 3 rings (SSSR count). The molecule has 1 aliphatic carbocycles. The third-order valence-electron chi connectivity index (χ3n) is 5.30. The molecule has 144 valence electrons. The zero-order valence-corrected chi connectivity index (χ0v) is 15.9. The molecule has 1 heterocycles. The number of ether oxygens (including phenoxy) is 3. The van der Waals surface area contributed by atoms with E-state index in [1.165, 1.54) is 6.92 Å². The Morgan fingerprint density at radius 2 is 1.81 bits per heavy atom. The van der Waals surface area contributed by atoms with Crippen LogP contribution in [0.5, 0.6) is 0 Å². The van der Waals surface area contributed by atoms with Crippen molar-refractivity contribution in [2.24, 2.45) is 10.4 Å². The number of aliphatic imine (C=N–C) groups is 1. The lowest BCUT2D eigenvalue weighted by atomic mass is 9.44. The molecule has 3 atom stereocenters. The van der Waals surface area contributed by atoms with E-state index in [1.54, 1.807) is 45.0 Å². The molecule has 7 nitrogen and oxygen atoms in total. The van der Waals surface area contributed by atoms with E-state index in [2.05, 4.69) is 4.99 Å². The fourth-order valence-electron chi connectivity index (χ4n) is 4.47. The average molecular weight is 373 g/mol. The summed E-state index contributed by atoms with van der Waals surface area (Å²) in [4.78, 5) is 42.7. The van der Waals surface area contributed by atoms with Gasteiger partial charge < -0.3 is 14.2 Å². The average Bonchev–Trinajstić information content (AvgIpc) is 2.83. The fraction of sp³-hybridized carbons (Fsp3) is 0.500. The van der Waals surface area contributed by atoms with Crippen LogP contribution in [0.15, 0.2) is 35.3 Å². The van der Waals surface area contributed by atoms with Crippen LogP contribution in [0.3, 0.4) is 0 Å². The smallest absolute Gasteiger partial charge is 0.323 e. The van der Waals surface area contributed by atoms with Gasteiger partial charge >= 0.3 is 11.9 Å². The van der Waals surface area contributed by atoms with Crippen molar-refractivity contribution in [3.05, 3.63) is 35.9 Å². The van der Waals surface area contributed by atoms with Crippen molar-refractivity contribution in [1.29, 1.82) is 0 Å². The Bertz CT molecular complexity index is 819. The van der Waals surface area contributed by atoms with Gasteiger partial charge in [-0.3, -0.25) is 14.4 Å². The first-order valence-corrected chi connectivity index (χ1v) is 8.99. The summed E-state index contributed by atoms with van der Waals surface area (Å²) < 4.78 is 16.3. The number of hydrogen-bond acceptors (Lipinski definition) is 7. The summed E-state index contributed by atoms with van der Waals surface area (Å²) >= 11 is 0. The molecular formula is C20H23NO6. The van der Waals surface area contributed by atoms with Gasteiger partial charge in [-0.1, -0.05) is 30.3 Å². The number of Topliss-reactive ketones (excluding diaryl/α,β-unsaturated/α-hetero) is 1. The zero-order valence-electron chi connectivity index (χ0n) is 15.9. The van der Waals surface area contributed by atoms with Gasteiger partial charge in [-0.2, -0.15) is 0 Å². The lowest BCUT2D eigenvalue weighted by Gasteiger charge is -2.61. The second kappa shape index (κ2) is 6.48. The SMILES string of the molecule is CCOC(=O)[C@]12C[C@](C)(OC(C)=O)[C@@]1(c1ccccc1)N=C(OCC)C2=O. The van der Waals surface area contributed by atoms with E-state index >= 15 is 0 Å². The second-order valence-electron chi connectivity index (χ2n) is 6.88. The molecule has 0 amide bonds. The van der Waals surface area contributed by atoms with Crippen molar-refractivity contribution in [3.63, 3.8) is 0 Å². The number of esters is 2. The van der Waals surface area contributed by atoms with Crippen LogP contribution >= 0.6 is 0 Å². The molecule has 1 aromatic carbocycles. The normalized spacial score (nSPS) is 31.4. The fourth-order valence-corrected chi connectivity index (χ4v) is 4.47. The van der Waals surface area contributed by atoms with Crippen molar-refractivity contribution in [1.82, 2.24) is 0 Å². The van der Waals surface area contributed by atoms with Crippen LogP contribution in [0.1, 0.15) is 39.7 Å². The van der Waals surface area contributed by atoms with Gasteiger partial charge in [0.1, 0.15) is 5.60 Å². The van der Waals surface area contributed by atoms with E-state index < -0.39 is 34.3 Å². The molecule has 0 spiro atoms. The molecule has 2 aliphatic rings. The summed E-state index contributed by atoms with van der Waals surface area (Å²) in [6, 6.07) is 8.91. The van der Waals surface area contributed by atoms with Gasteiger partial charge in [-0.25, -0.2) is 4.99 Å². The van der Waals surface area contributed by atoms with Gasteiger partial charge in [-0.05, 0) is 26.3 Å². The number of benzene rings is 1. The number of rotatable bonds is 5. The maximum Gasteiger partial charge on any atom is 0.323 e. The van der Waals surface area contributed by atoms with Crippen LogP contribution in [-0.2, 0) is 34.1 Å². The Morgan fingerprint density at radius 1 is 1.15 bits per heavy atom. The molecule has 0 bridgehead atoms. The lowest BCUT2D eigenvalue weighted by molar-refractivity contribution is -0.229. The molecule has 0 saturated heterocycles. The van der Waals surface area contributed by atoms with Gasteiger partial charge in [0.25, 0.3) is 5.90 Å². The summed E-state index contributed by atoms with van der Waals surface area (Å²) in [5, 5.41) is 0. The van der Waals surface area contributed by atoms with Crippen LogP contribution in [0.4, 0.5) is 0 Å². The van der Waals surface area contributed by atoms with Crippen LogP contribution in [-0.4, -0.2) is 42.4 Å². The van der Waals surface area contributed by atoms with Crippen molar-refractivity contribution in [2.75, 3.05) is 13.2 Å². The molecule has 27 heavy (non-hydrogen) atoms. The third kappa shape index (κ3) is 2.33. The summed E-state index contributed by atoms with van der Waals surface area (Å²) in [6.45, 7) is 6.72. The van der Waals surface area contributed by atoms with E-state index in [0.29, 0.717) is 5.56 Å². The Hall–Kier alpha value is -2.70. The maximum atomic E-state index is 13.3. The van der Waals surface area contributed by atoms with Crippen molar-refractivity contribution in [3.8, 4) is 0 Å². The van der Waals surface area contributed by atoms with Gasteiger partial charge in [0.15, 0.2) is 11.0 Å². The molecule has 0 unspecified atom stereocenters. The highest BCUT2D eigenvalue weighted by Crippen LogP contribution is 2.69. The number of carbonyl (C=O) groups is 3. The monoisotopic (exact) mass is 373 g/mol. The summed E-state index contributed by atoms with van der Waals surface area (Å²) in [7, 11) is 0. The quantitative estimate of drug-likeness (QED) is 0.580. The first-order valence-electron chi connectivity index (χ1n) is 8.99. The molecule has 1 aliphatic heterocycles. The summed E-state index contributed by atoms with van der Waals surface area (Å²) in [5.74, 6) is -1.86. The van der Waals surface area contributed by atoms with E-state index in [1.807, 2.05) is 6.07 Å². The maximum absolute atomic E-state index is 13.3. The van der Waals surface area contributed by atoms with Crippen LogP contribution in [0, 0.1) is 5.41 Å². The number of ketones is 1. The van der Waals surface area contributed by atoms with Crippen LogP contribution < -0.4 is 0 Å². The highest BCUT2D eigenvalue weighted by molar-refractivity contribution is 6.45.